The largest absolute Gasteiger partial charge is 0.497 e. The Morgan fingerprint density at radius 1 is 1.50 bits per heavy atom. The van der Waals surface area contributed by atoms with E-state index < -0.39 is 5.97 Å². The summed E-state index contributed by atoms with van der Waals surface area (Å²) < 4.78 is 10.3. The van der Waals surface area contributed by atoms with Gasteiger partial charge in [0.15, 0.2) is 5.69 Å². The third-order valence-corrected chi connectivity index (χ3v) is 3.67. The lowest BCUT2D eigenvalue weighted by atomic mass is 10.2. The maximum atomic E-state index is 11.9. The zero-order chi connectivity index (χ0) is 14.5. The van der Waals surface area contributed by atoms with Crippen LogP contribution < -0.4 is 10.5 Å². The first kappa shape index (κ1) is 14.5. The van der Waals surface area contributed by atoms with Gasteiger partial charge in [0.25, 0.3) is 0 Å². The molecule has 1 aromatic heterocycles. The molecule has 1 unspecified atom stereocenters. The number of hydrogen-bond acceptors (Lipinski definition) is 6. The van der Waals surface area contributed by atoms with Crippen molar-refractivity contribution in [3.8, 4) is 5.75 Å². The summed E-state index contributed by atoms with van der Waals surface area (Å²) in [4.78, 5) is 16.0. The molecule has 0 saturated heterocycles. The van der Waals surface area contributed by atoms with Crippen molar-refractivity contribution in [1.29, 1.82) is 0 Å². The topological polar surface area (TPSA) is 74.4 Å². The summed E-state index contributed by atoms with van der Waals surface area (Å²) >= 11 is 1.36. The molecule has 1 atom stereocenters. The average molecular weight is 292 g/mol. The number of carbonyl (C=O) groups excluding carboxylic acids is 1. The van der Waals surface area contributed by atoms with Crippen LogP contribution in [0.1, 0.15) is 34.0 Å². The number of methoxy groups -OCH3 is 1. The van der Waals surface area contributed by atoms with E-state index in [9.17, 15) is 4.79 Å². The van der Waals surface area contributed by atoms with Crippen molar-refractivity contribution in [2.75, 3.05) is 7.11 Å². The van der Waals surface area contributed by atoms with E-state index in [-0.39, 0.29) is 12.6 Å². The summed E-state index contributed by atoms with van der Waals surface area (Å²) in [5.74, 6) is 0.280. The molecule has 2 N–H and O–H groups in total. The van der Waals surface area contributed by atoms with Crippen LogP contribution in [0.15, 0.2) is 29.6 Å². The lowest BCUT2D eigenvalue weighted by molar-refractivity contribution is 0.0466. The fourth-order valence-electron chi connectivity index (χ4n) is 1.58. The van der Waals surface area contributed by atoms with E-state index in [1.54, 1.807) is 12.5 Å². The Kier molecular flexibility index (Phi) is 4.70. The van der Waals surface area contributed by atoms with Gasteiger partial charge in [-0.05, 0) is 24.6 Å². The van der Waals surface area contributed by atoms with E-state index in [0.29, 0.717) is 5.69 Å². The highest BCUT2D eigenvalue weighted by atomic mass is 32.1. The molecule has 0 aliphatic carbocycles. The van der Waals surface area contributed by atoms with E-state index in [0.717, 1.165) is 16.3 Å². The van der Waals surface area contributed by atoms with Crippen LogP contribution in [0.4, 0.5) is 0 Å². The van der Waals surface area contributed by atoms with Gasteiger partial charge >= 0.3 is 5.97 Å². The Hall–Kier alpha value is -1.92. The van der Waals surface area contributed by atoms with Gasteiger partial charge in [0.05, 0.1) is 13.2 Å². The number of nitrogens with two attached hydrogens (primary N) is 1. The molecule has 0 radical (unpaired) electrons. The van der Waals surface area contributed by atoms with Crippen molar-refractivity contribution < 1.29 is 14.3 Å². The first-order valence-electron chi connectivity index (χ1n) is 6.11. The molecule has 1 aromatic carbocycles. The van der Waals surface area contributed by atoms with Crippen LogP contribution in [-0.2, 0) is 11.3 Å². The molecule has 0 bridgehead atoms. The molecule has 1 heterocycles. The summed E-state index contributed by atoms with van der Waals surface area (Å²) in [5.41, 5.74) is 6.86. The van der Waals surface area contributed by atoms with Crippen LogP contribution in [-0.4, -0.2) is 18.1 Å². The predicted octanol–water partition coefficient (Wildman–Crippen LogP) is 2.53. The highest BCUT2D eigenvalue weighted by molar-refractivity contribution is 7.09. The quantitative estimate of drug-likeness (QED) is 0.857. The molecule has 0 fully saturated rings. The number of ether oxygens (including phenoxy) is 2. The Morgan fingerprint density at radius 3 is 2.95 bits per heavy atom. The first-order valence-corrected chi connectivity index (χ1v) is 6.99. The molecule has 2 aromatic rings. The van der Waals surface area contributed by atoms with Crippen LogP contribution in [0.2, 0.25) is 0 Å². The van der Waals surface area contributed by atoms with Gasteiger partial charge in [-0.2, -0.15) is 0 Å². The van der Waals surface area contributed by atoms with Crippen LogP contribution in [0.25, 0.3) is 0 Å². The molecular formula is C14H16N2O3S. The molecule has 5 nitrogen and oxygen atoms in total. The number of carbonyl (C=O) groups is 1. The van der Waals surface area contributed by atoms with Gasteiger partial charge < -0.3 is 15.2 Å². The lowest BCUT2D eigenvalue weighted by Gasteiger charge is -2.05. The Morgan fingerprint density at radius 2 is 2.30 bits per heavy atom. The van der Waals surface area contributed by atoms with Crippen LogP contribution in [0.3, 0.4) is 0 Å². The number of esters is 1. The highest BCUT2D eigenvalue weighted by Crippen LogP contribution is 2.17. The van der Waals surface area contributed by atoms with Gasteiger partial charge in [0.1, 0.15) is 17.4 Å². The van der Waals surface area contributed by atoms with Crippen molar-refractivity contribution in [3.63, 3.8) is 0 Å². The standard InChI is InChI=1S/C14H16N2O3S/c1-9(15)13-16-12(8-20-13)14(17)19-7-10-4-3-5-11(6-10)18-2/h3-6,8-9H,7,15H2,1-2H3. The van der Waals surface area contributed by atoms with Gasteiger partial charge in [0, 0.05) is 5.38 Å². The lowest BCUT2D eigenvalue weighted by Crippen LogP contribution is -2.08. The predicted molar refractivity (Wildman–Crippen MR) is 76.8 cm³/mol. The molecule has 0 aliphatic rings. The molecule has 0 saturated carbocycles. The minimum atomic E-state index is -0.448. The number of hydrogen-bond donors (Lipinski definition) is 1. The second kappa shape index (κ2) is 6.49. The number of thiazole rings is 1. The summed E-state index contributed by atoms with van der Waals surface area (Å²) in [6.45, 7) is 2.01. The highest BCUT2D eigenvalue weighted by Gasteiger charge is 2.14. The normalized spacial score (nSPS) is 11.9. The number of rotatable bonds is 5. The third kappa shape index (κ3) is 3.55. The van der Waals surface area contributed by atoms with Crippen molar-refractivity contribution in [2.24, 2.45) is 5.73 Å². The molecule has 106 valence electrons. The first-order chi connectivity index (χ1) is 9.60. The van der Waals surface area contributed by atoms with Gasteiger partial charge in [0.2, 0.25) is 0 Å². The van der Waals surface area contributed by atoms with Gasteiger partial charge in [-0.3, -0.25) is 0 Å². The monoisotopic (exact) mass is 292 g/mol. The second-order valence-corrected chi connectivity index (χ2v) is 5.18. The minimum Gasteiger partial charge on any atom is -0.497 e. The summed E-state index contributed by atoms with van der Waals surface area (Å²) in [6, 6.07) is 7.19. The van der Waals surface area contributed by atoms with Crippen molar-refractivity contribution in [2.45, 2.75) is 19.6 Å². The number of aromatic nitrogens is 1. The van der Waals surface area contributed by atoms with E-state index >= 15 is 0 Å². The Labute approximate surface area is 121 Å². The molecule has 0 aliphatic heterocycles. The van der Waals surface area contributed by atoms with E-state index in [2.05, 4.69) is 4.98 Å². The van der Waals surface area contributed by atoms with Gasteiger partial charge in [-0.15, -0.1) is 11.3 Å². The van der Waals surface area contributed by atoms with Crippen molar-refractivity contribution in [3.05, 3.63) is 45.9 Å². The summed E-state index contributed by atoms with van der Waals surface area (Å²) in [7, 11) is 1.59. The molecule has 6 heteroatoms. The van der Waals surface area contributed by atoms with E-state index in [4.69, 9.17) is 15.2 Å². The van der Waals surface area contributed by atoms with Crippen molar-refractivity contribution >= 4 is 17.3 Å². The molecular weight excluding hydrogens is 276 g/mol. The van der Waals surface area contributed by atoms with Crippen molar-refractivity contribution in [1.82, 2.24) is 4.98 Å². The fourth-order valence-corrected chi connectivity index (χ4v) is 2.32. The van der Waals surface area contributed by atoms with Gasteiger partial charge in [-0.25, -0.2) is 9.78 Å². The smallest absolute Gasteiger partial charge is 0.358 e. The second-order valence-electron chi connectivity index (χ2n) is 4.29. The molecule has 20 heavy (non-hydrogen) atoms. The molecule has 0 amide bonds. The zero-order valence-electron chi connectivity index (χ0n) is 11.3. The fraction of sp³-hybridized carbons (Fsp3) is 0.286. The maximum Gasteiger partial charge on any atom is 0.358 e. The average Bonchev–Trinajstić information content (AvgIpc) is 2.95. The molecule has 0 spiro atoms. The van der Waals surface area contributed by atoms with Gasteiger partial charge in [-0.1, -0.05) is 12.1 Å². The third-order valence-electron chi connectivity index (χ3n) is 2.62. The van der Waals surface area contributed by atoms with Crippen LogP contribution >= 0.6 is 11.3 Å². The van der Waals surface area contributed by atoms with Crippen LogP contribution in [0.5, 0.6) is 5.75 Å². The number of nitrogens with zero attached hydrogens (tertiary/aromatic N) is 1. The van der Waals surface area contributed by atoms with E-state index in [1.807, 2.05) is 31.2 Å². The SMILES string of the molecule is COc1cccc(COC(=O)c2csc(C(C)N)n2)c1. The number of benzene rings is 1. The minimum absolute atomic E-state index is 0.181. The maximum absolute atomic E-state index is 11.9. The zero-order valence-corrected chi connectivity index (χ0v) is 12.1. The summed E-state index contributed by atoms with van der Waals surface area (Å²) in [5, 5.41) is 2.38. The van der Waals surface area contributed by atoms with E-state index in [1.165, 1.54) is 11.3 Å². The van der Waals surface area contributed by atoms with Crippen LogP contribution in [0, 0.1) is 0 Å². The molecule has 2 rings (SSSR count). The Bertz CT molecular complexity index is 596. The Balaban J connectivity index is 1.97. The summed E-state index contributed by atoms with van der Waals surface area (Å²) in [6.07, 6.45) is 0.